The minimum atomic E-state index is -0.172. The third-order valence-corrected chi connectivity index (χ3v) is 3.96. The van der Waals surface area contributed by atoms with Gasteiger partial charge in [-0.15, -0.1) is 0 Å². The van der Waals surface area contributed by atoms with Crippen LogP contribution in [-0.4, -0.2) is 35.4 Å². The lowest BCUT2D eigenvalue weighted by molar-refractivity contribution is 0.237. The van der Waals surface area contributed by atoms with Crippen molar-refractivity contribution < 1.29 is 4.79 Å². The molecule has 1 aromatic heterocycles. The zero-order chi connectivity index (χ0) is 16.8. The highest BCUT2D eigenvalue weighted by molar-refractivity contribution is 5.74. The number of aryl methyl sites for hydroxylation is 1. The molecule has 0 saturated heterocycles. The van der Waals surface area contributed by atoms with Gasteiger partial charge in [0.1, 0.15) is 0 Å². The fourth-order valence-electron chi connectivity index (χ4n) is 2.29. The van der Waals surface area contributed by atoms with Crippen LogP contribution in [0.3, 0.4) is 0 Å². The van der Waals surface area contributed by atoms with Crippen molar-refractivity contribution in [2.45, 2.75) is 25.9 Å². The van der Waals surface area contributed by atoms with Crippen molar-refractivity contribution in [2.24, 2.45) is 7.05 Å². The Morgan fingerprint density at radius 1 is 1.30 bits per heavy atom. The van der Waals surface area contributed by atoms with E-state index >= 15 is 0 Å². The van der Waals surface area contributed by atoms with Crippen LogP contribution in [0.1, 0.15) is 25.5 Å². The molecule has 0 unspecified atom stereocenters. The predicted molar refractivity (Wildman–Crippen MR) is 92.5 cm³/mol. The monoisotopic (exact) mass is 315 g/mol. The van der Waals surface area contributed by atoms with E-state index < -0.39 is 0 Å². The molecular weight excluding hydrogens is 290 g/mol. The number of carbonyl (C=O) groups excluding carboxylic acids is 1. The van der Waals surface area contributed by atoms with Gasteiger partial charge < -0.3 is 15.5 Å². The van der Waals surface area contributed by atoms with E-state index in [9.17, 15) is 4.79 Å². The molecule has 6 heteroatoms. The van der Waals surface area contributed by atoms with Gasteiger partial charge in [0.2, 0.25) is 0 Å². The van der Waals surface area contributed by atoms with Crippen molar-refractivity contribution in [3.05, 3.63) is 48.3 Å². The van der Waals surface area contributed by atoms with Crippen LogP contribution in [0.4, 0.5) is 10.5 Å². The summed E-state index contributed by atoms with van der Waals surface area (Å²) in [6.07, 6.45) is 3.66. The first kappa shape index (κ1) is 16.9. The Morgan fingerprint density at radius 3 is 2.61 bits per heavy atom. The SMILES string of the molecule is C[C@@H](NC(=O)NC[C@H](C)N(C)c1ccccc1)c1cnn(C)c1. The molecule has 0 saturated carbocycles. The number of nitrogens with one attached hydrogen (secondary N) is 2. The molecule has 0 radical (unpaired) electrons. The van der Waals surface area contributed by atoms with E-state index in [1.54, 1.807) is 10.9 Å². The summed E-state index contributed by atoms with van der Waals surface area (Å²) < 4.78 is 1.72. The van der Waals surface area contributed by atoms with Gasteiger partial charge in [0.25, 0.3) is 0 Å². The van der Waals surface area contributed by atoms with Gasteiger partial charge in [0, 0.05) is 44.1 Å². The highest BCUT2D eigenvalue weighted by Gasteiger charge is 2.14. The zero-order valence-corrected chi connectivity index (χ0v) is 14.2. The molecule has 0 spiro atoms. The molecule has 23 heavy (non-hydrogen) atoms. The van der Waals surface area contributed by atoms with Crippen molar-refractivity contribution in [1.29, 1.82) is 0 Å². The lowest BCUT2D eigenvalue weighted by atomic mass is 10.2. The maximum Gasteiger partial charge on any atom is 0.315 e. The maximum absolute atomic E-state index is 12.0. The van der Waals surface area contributed by atoms with Crippen molar-refractivity contribution in [2.75, 3.05) is 18.5 Å². The fraction of sp³-hybridized carbons (Fsp3) is 0.412. The molecule has 1 aromatic carbocycles. The van der Waals surface area contributed by atoms with Crippen LogP contribution in [-0.2, 0) is 7.05 Å². The topological polar surface area (TPSA) is 62.2 Å². The van der Waals surface area contributed by atoms with Crippen molar-refractivity contribution in [1.82, 2.24) is 20.4 Å². The smallest absolute Gasteiger partial charge is 0.315 e. The lowest BCUT2D eigenvalue weighted by Crippen LogP contribution is -2.44. The third-order valence-electron chi connectivity index (χ3n) is 3.96. The number of nitrogens with zero attached hydrogens (tertiary/aromatic N) is 3. The van der Waals surface area contributed by atoms with E-state index in [4.69, 9.17) is 0 Å². The number of rotatable bonds is 6. The van der Waals surface area contributed by atoms with Crippen molar-refractivity contribution in [3.63, 3.8) is 0 Å². The number of likely N-dealkylation sites (N-methyl/N-ethyl adjacent to an activating group) is 1. The fourth-order valence-corrected chi connectivity index (χ4v) is 2.29. The minimum absolute atomic E-state index is 0.0779. The average Bonchev–Trinajstić information content (AvgIpc) is 2.99. The Labute approximate surface area is 137 Å². The van der Waals surface area contributed by atoms with Crippen molar-refractivity contribution in [3.8, 4) is 0 Å². The van der Waals surface area contributed by atoms with E-state index in [0.717, 1.165) is 11.3 Å². The Kier molecular flexibility index (Phi) is 5.62. The largest absolute Gasteiger partial charge is 0.370 e. The van der Waals surface area contributed by atoms with Crippen LogP contribution in [0.5, 0.6) is 0 Å². The van der Waals surface area contributed by atoms with Crippen LogP contribution >= 0.6 is 0 Å². The van der Waals surface area contributed by atoms with E-state index in [1.807, 2.05) is 45.4 Å². The number of benzene rings is 1. The minimum Gasteiger partial charge on any atom is -0.370 e. The quantitative estimate of drug-likeness (QED) is 0.860. The highest BCUT2D eigenvalue weighted by Crippen LogP contribution is 2.13. The standard InChI is InChI=1S/C17H25N5O/c1-13(22(4)16-8-6-5-7-9-16)10-18-17(23)20-14(2)15-11-19-21(3)12-15/h5-9,11-14H,10H2,1-4H3,(H2,18,20,23)/t13-,14+/m0/s1. The Morgan fingerprint density at radius 2 is 2.00 bits per heavy atom. The summed E-state index contributed by atoms with van der Waals surface area (Å²) >= 11 is 0. The normalized spacial score (nSPS) is 13.2. The first-order chi connectivity index (χ1) is 11.0. The molecule has 124 valence electrons. The second-order valence-corrected chi connectivity index (χ2v) is 5.82. The molecular formula is C17H25N5O. The summed E-state index contributed by atoms with van der Waals surface area (Å²) in [6, 6.07) is 10.1. The Balaban J connectivity index is 1.79. The second-order valence-electron chi connectivity index (χ2n) is 5.82. The van der Waals surface area contributed by atoms with Gasteiger partial charge in [0.05, 0.1) is 12.2 Å². The van der Waals surface area contributed by atoms with Crippen LogP contribution in [0.15, 0.2) is 42.7 Å². The van der Waals surface area contributed by atoms with Gasteiger partial charge in [-0.1, -0.05) is 18.2 Å². The van der Waals surface area contributed by atoms with Crippen LogP contribution in [0, 0.1) is 0 Å². The van der Waals surface area contributed by atoms with Gasteiger partial charge in [-0.25, -0.2) is 4.79 Å². The molecule has 2 amide bonds. The van der Waals surface area contributed by atoms with E-state index in [2.05, 4.69) is 39.7 Å². The van der Waals surface area contributed by atoms with Gasteiger partial charge in [-0.2, -0.15) is 5.10 Å². The Hall–Kier alpha value is -2.50. The number of aromatic nitrogens is 2. The summed E-state index contributed by atoms with van der Waals surface area (Å²) in [7, 11) is 3.88. The summed E-state index contributed by atoms with van der Waals surface area (Å²) in [5.41, 5.74) is 2.11. The van der Waals surface area contributed by atoms with Gasteiger partial charge in [0.15, 0.2) is 0 Å². The molecule has 2 N–H and O–H groups in total. The molecule has 0 aliphatic rings. The molecule has 0 bridgehead atoms. The number of hydrogen-bond acceptors (Lipinski definition) is 3. The summed E-state index contributed by atoms with van der Waals surface area (Å²) in [5, 5.41) is 9.96. The first-order valence-electron chi connectivity index (χ1n) is 7.78. The molecule has 6 nitrogen and oxygen atoms in total. The number of carbonyl (C=O) groups is 1. The first-order valence-corrected chi connectivity index (χ1v) is 7.78. The van der Waals surface area contributed by atoms with E-state index in [-0.39, 0.29) is 18.1 Å². The van der Waals surface area contributed by atoms with Crippen molar-refractivity contribution >= 4 is 11.7 Å². The molecule has 1 heterocycles. The maximum atomic E-state index is 12.0. The van der Waals surface area contributed by atoms with Gasteiger partial charge >= 0.3 is 6.03 Å². The highest BCUT2D eigenvalue weighted by atomic mass is 16.2. The third kappa shape index (κ3) is 4.74. The lowest BCUT2D eigenvalue weighted by Gasteiger charge is -2.27. The average molecular weight is 315 g/mol. The summed E-state index contributed by atoms with van der Waals surface area (Å²) in [5.74, 6) is 0. The molecule has 2 rings (SSSR count). The number of hydrogen-bond donors (Lipinski definition) is 2. The number of urea groups is 1. The summed E-state index contributed by atoms with van der Waals surface area (Å²) in [4.78, 5) is 14.2. The van der Waals surface area contributed by atoms with E-state index in [0.29, 0.717) is 6.54 Å². The van der Waals surface area contributed by atoms with E-state index in [1.165, 1.54) is 0 Å². The molecule has 0 aliphatic heterocycles. The molecule has 0 fully saturated rings. The molecule has 2 aromatic rings. The molecule has 2 atom stereocenters. The van der Waals surface area contributed by atoms with Crippen LogP contribution < -0.4 is 15.5 Å². The van der Waals surface area contributed by atoms with Gasteiger partial charge in [-0.05, 0) is 26.0 Å². The van der Waals surface area contributed by atoms with Crippen LogP contribution in [0.25, 0.3) is 0 Å². The van der Waals surface area contributed by atoms with Crippen LogP contribution in [0.2, 0.25) is 0 Å². The van der Waals surface area contributed by atoms with Gasteiger partial charge in [-0.3, -0.25) is 4.68 Å². The number of amides is 2. The molecule has 0 aliphatic carbocycles. The number of para-hydroxylation sites is 1. The summed E-state index contributed by atoms with van der Waals surface area (Å²) in [6.45, 7) is 4.59. The zero-order valence-electron chi connectivity index (χ0n) is 14.2. The second kappa shape index (κ2) is 7.67. The number of anilines is 1. The predicted octanol–water partition coefficient (Wildman–Crippen LogP) is 2.31. The Bertz CT molecular complexity index is 625.